The summed E-state index contributed by atoms with van der Waals surface area (Å²) in [5.41, 5.74) is 0.928. The van der Waals surface area contributed by atoms with E-state index in [1.807, 2.05) is 18.2 Å². The molecule has 4 nitrogen and oxygen atoms in total. The molecule has 1 aromatic rings. The molecule has 76 valence electrons. The van der Waals surface area contributed by atoms with Crippen molar-refractivity contribution in [3.63, 3.8) is 0 Å². The van der Waals surface area contributed by atoms with E-state index in [1.165, 1.54) is 0 Å². The zero-order valence-corrected chi connectivity index (χ0v) is 8.39. The average molecular weight is 215 g/mol. The molecule has 0 saturated carbocycles. The molecular weight excluding hydrogens is 203 g/mol. The Labute approximate surface area is 83.1 Å². The number of benzene rings is 1. The highest BCUT2D eigenvalue weighted by atomic mass is 31.1. The van der Waals surface area contributed by atoms with E-state index in [-0.39, 0.29) is 0 Å². The molecule has 0 amide bonds. The van der Waals surface area contributed by atoms with E-state index < -0.39 is 8.25 Å². The van der Waals surface area contributed by atoms with Crippen molar-refractivity contribution in [2.75, 3.05) is 0 Å². The third kappa shape index (κ3) is 6.31. The van der Waals surface area contributed by atoms with Gasteiger partial charge >= 0.3 is 8.25 Å². The molecular formula is C9H12O4P+. The zero-order chi connectivity index (χ0) is 11.0. The van der Waals surface area contributed by atoms with Crippen LogP contribution in [0.2, 0.25) is 0 Å². The van der Waals surface area contributed by atoms with Crippen LogP contribution in [0.15, 0.2) is 36.9 Å². The molecule has 0 radical (unpaired) electrons. The average Bonchev–Trinajstić information content (AvgIpc) is 2.08. The van der Waals surface area contributed by atoms with Gasteiger partial charge in [-0.05, 0) is 18.1 Å². The van der Waals surface area contributed by atoms with Crippen LogP contribution in [0.25, 0.3) is 0 Å². The van der Waals surface area contributed by atoms with Crippen LogP contribution in [0.5, 0.6) is 5.75 Å². The van der Waals surface area contributed by atoms with E-state index >= 15 is 0 Å². The van der Waals surface area contributed by atoms with Crippen molar-refractivity contribution in [2.24, 2.45) is 0 Å². The summed E-state index contributed by atoms with van der Waals surface area (Å²) in [4.78, 5) is 14.2. The van der Waals surface area contributed by atoms with Crippen LogP contribution in [0, 0.1) is 0 Å². The van der Waals surface area contributed by atoms with E-state index in [9.17, 15) is 5.11 Å². The maximum absolute atomic E-state index is 9.19. The van der Waals surface area contributed by atoms with Crippen molar-refractivity contribution in [3.05, 3.63) is 42.5 Å². The topological polar surface area (TPSA) is 77.8 Å². The number of phenols is 1. The Kier molecular flexibility index (Phi) is 6.58. The molecule has 1 aromatic carbocycles. The predicted molar refractivity (Wildman–Crippen MR) is 54.1 cm³/mol. The van der Waals surface area contributed by atoms with Crippen molar-refractivity contribution in [1.82, 2.24) is 0 Å². The fourth-order valence-electron chi connectivity index (χ4n) is 0.839. The van der Waals surface area contributed by atoms with Gasteiger partial charge in [-0.2, -0.15) is 0 Å². The molecule has 0 aliphatic rings. The highest BCUT2D eigenvalue weighted by Crippen LogP contribution is 2.15. The van der Waals surface area contributed by atoms with Crippen molar-refractivity contribution in [2.45, 2.75) is 6.42 Å². The summed E-state index contributed by atoms with van der Waals surface area (Å²) in [5, 5.41) is 9.19. The van der Waals surface area contributed by atoms with Gasteiger partial charge in [-0.3, -0.25) is 0 Å². The van der Waals surface area contributed by atoms with Crippen LogP contribution < -0.4 is 0 Å². The number of para-hydroxylation sites is 1. The van der Waals surface area contributed by atoms with Gasteiger partial charge in [-0.25, -0.2) is 0 Å². The van der Waals surface area contributed by atoms with Gasteiger partial charge in [0.05, 0.1) is 0 Å². The summed E-state index contributed by atoms with van der Waals surface area (Å²) in [6.07, 6.45) is 2.50. The number of rotatable bonds is 2. The molecule has 14 heavy (non-hydrogen) atoms. The van der Waals surface area contributed by atoms with Crippen molar-refractivity contribution < 1.29 is 19.5 Å². The van der Waals surface area contributed by atoms with Crippen LogP contribution in [-0.2, 0) is 11.0 Å². The first-order chi connectivity index (χ1) is 6.57. The molecule has 0 spiro atoms. The van der Waals surface area contributed by atoms with Gasteiger partial charge in [-0.15, -0.1) is 16.4 Å². The molecule has 3 N–H and O–H groups in total. The van der Waals surface area contributed by atoms with E-state index in [4.69, 9.17) is 14.4 Å². The summed E-state index contributed by atoms with van der Waals surface area (Å²) < 4.78 is 8.70. The minimum atomic E-state index is -2.87. The molecule has 0 atom stereocenters. The Morgan fingerprint density at radius 3 is 2.29 bits per heavy atom. The van der Waals surface area contributed by atoms with Gasteiger partial charge in [0.2, 0.25) is 0 Å². The van der Waals surface area contributed by atoms with Gasteiger partial charge in [0.15, 0.2) is 0 Å². The van der Waals surface area contributed by atoms with E-state index in [0.717, 1.165) is 12.0 Å². The fourth-order valence-corrected chi connectivity index (χ4v) is 0.839. The maximum atomic E-state index is 9.19. The number of hydrogen-bond donors (Lipinski definition) is 3. The molecule has 0 unspecified atom stereocenters. The zero-order valence-electron chi connectivity index (χ0n) is 7.50. The van der Waals surface area contributed by atoms with Gasteiger partial charge < -0.3 is 5.11 Å². The van der Waals surface area contributed by atoms with Gasteiger partial charge in [0, 0.05) is 4.57 Å². The number of allylic oxidation sites excluding steroid dienone is 1. The smallest absolute Gasteiger partial charge is 0.508 e. The predicted octanol–water partition coefficient (Wildman–Crippen LogP) is 1.75. The van der Waals surface area contributed by atoms with E-state index in [1.54, 1.807) is 12.1 Å². The first kappa shape index (κ1) is 12.8. The van der Waals surface area contributed by atoms with Crippen molar-refractivity contribution in [1.29, 1.82) is 0 Å². The second-order valence-electron chi connectivity index (χ2n) is 2.37. The van der Waals surface area contributed by atoms with Gasteiger partial charge in [0.25, 0.3) is 0 Å². The standard InChI is InChI=1S/C9H10O.HO3P/c1-2-5-8-6-3-4-7-9(8)10;1-4(2)3/h2-4,6-7,10H,1,5H2;(H-,1,2,3)/p+1. The van der Waals surface area contributed by atoms with E-state index in [2.05, 4.69) is 6.58 Å². The van der Waals surface area contributed by atoms with Crippen LogP contribution in [0.4, 0.5) is 0 Å². The summed E-state index contributed by atoms with van der Waals surface area (Å²) in [6.45, 7) is 3.59. The number of phenolic OH excluding ortho intramolecular Hbond substituents is 1. The lowest BCUT2D eigenvalue weighted by Crippen LogP contribution is -1.79. The molecule has 0 aliphatic carbocycles. The van der Waals surface area contributed by atoms with Crippen molar-refractivity contribution >= 4 is 8.25 Å². The Morgan fingerprint density at radius 1 is 1.36 bits per heavy atom. The molecule has 1 rings (SSSR count). The lowest BCUT2D eigenvalue weighted by Gasteiger charge is -1.97. The number of hydrogen-bond acceptors (Lipinski definition) is 2. The highest BCUT2D eigenvalue weighted by Gasteiger charge is 1.94. The lowest BCUT2D eigenvalue weighted by atomic mass is 10.1. The normalized spacial score (nSPS) is 8.43. The quantitative estimate of drug-likeness (QED) is 0.518. The molecule has 0 bridgehead atoms. The first-order valence-corrected chi connectivity index (χ1v) is 4.97. The summed E-state index contributed by atoms with van der Waals surface area (Å²) >= 11 is 0. The van der Waals surface area contributed by atoms with Crippen molar-refractivity contribution in [3.8, 4) is 5.75 Å². The van der Waals surface area contributed by atoms with Gasteiger partial charge in [-0.1, -0.05) is 24.3 Å². The maximum Gasteiger partial charge on any atom is 0.692 e. The van der Waals surface area contributed by atoms with Crippen LogP contribution in [-0.4, -0.2) is 14.9 Å². The Hall–Kier alpha value is -1.22. The van der Waals surface area contributed by atoms with Crippen LogP contribution in [0.1, 0.15) is 5.56 Å². The lowest BCUT2D eigenvalue weighted by molar-refractivity contribution is 0.405. The molecule has 0 heterocycles. The Balaban J connectivity index is 0.000000364. The minimum Gasteiger partial charge on any atom is -0.508 e. The molecule has 0 saturated heterocycles. The summed E-state index contributed by atoms with van der Waals surface area (Å²) in [6, 6.07) is 7.27. The fraction of sp³-hybridized carbons (Fsp3) is 0.111. The molecule has 0 fully saturated rings. The third-order valence-corrected chi connectivity index (χ3v) is 1.36. The minimum absolute atomic E-state index is 0.349. The first-order valence-electron chi connectivity index (χ1n) is 3.80. The Bertz CT molecular complexity index is 307. The molecule has 5 heteroatoms. The largest absolute Gasteiger partial charge is 0.692 e. The van der Waals surface area contributed by atoms with E-state index in [0.29, 0.717) is 5.75 Å². The van der Waals surface area contributed by atoms with Gasteiger partial charge in [0.1, 0.15) is 5.75 Å². The second kappa shape index (κ2) is 7.21. The SMILES string of the molecule is C=CCc1ccccc1O.O=[P+](O)O. The summed E-state index contributed by atoms with van der Waals surface area (Å²) in [5.74, 6) is 0.349. The molecule has 0 aliphatic heterocycles. The van der Waals surface area contributed by atoms with Crippen LogP contribution >= 0.6 is 8.25 Å². The highest BCUT2D eigenvalue weighted by molar-refractivity contribution is 7.30. The number of aromatic hydroxyl groups is 1. The Morgan fingerprint density at radius 2 is 1.86 bits per heavy atom. The summed E-state index contributed by atoms with van der Waals surface area (Å²) in [7, 11) is -2.87. The molecule has 0 aromatic heterocycles. The monoisotopic (exact) mass is 215 g/mol. The van der Waals surface area contributed by atoms with Crippen LogP contribution in [0.3, 0.4) is 0 Å². The second-order valence-corrected chi connectivity index (χ2v) is 2.88. The third-order valence-electron chi connectivity index (χ3n) is 1.36.